The Morgan fingerprint density at radius 2 is 2.25 bits per heavy atom. The van der Waals surface area contributed by atoms with Gasteiger partial charge in [0.2, 0.25) is 0 Å². The van der Waals surface area contributed by atoms with Crippen LogP contribution in [0.25, 0.3) is 0 Å². The highest BCUT2D eigenvalue weighted by Gasteiger charge is 2.15. The molecule has 0 aliphatic carbocycles. The average Bonchev–Trinajstić information content (AvgIpc) is 2.05. The summed E-state index contributed by atoms with van der Waals surface area (Å²) in [4.78, 5) is 0. The van der Waals surface area contributed by atoms with Crippen LogP contribution in [0.4, 0.5) is 0 Å². The zero-order valence-electron chi connectivity index (χ0n) is 7.63. The Hall–Kier alpha value is -0.980. The molecule has 1 heterocycles. The van der Waals surface area contributed by atoms with Crippen molar-refractivity contribution in [2.24, 2.45) is 5.92 Å². The van der Waals surface area contributed by atoms with Crippen LogP contribution in [0, 0.1) is 12.8 Å². The molecule has 0 amide bonds. The molecule has 1 aromatic carbocycles. The molecule has 0 fully saturated rings. The molecule has 0 radical (unpaired) electrons. The van der Waals surface area contributed by atoms with Gasteiger partial charge in [-0.1, -0.05) is 19.1 Å². The molecule has 0 saturated heterocycles. The molecule has 1 unspecified atom stereocenters. The molecule has 1 nitrogen and oxygen atoms in total. The van der Waals surface area contributed by atoms with Crippen LogP contribution in [0.2, 0.25) is 0 Å². The Morgan fingerprint density at radius 1 is 1.42 bits per heavy atom. The molecule has 0 N–H and O–H groups in total. The van der Waals surface area contributed by atoms with Crippen molar-refractivity contribution >= 4 is 0 Å². The fourth-order valence-electron chi connectivity index (χ4n) is 1.63. The summed E-state index contributed by atoms with van der Waals surface area (Å²) in [7, 11) is 0. The van der Waals surface area contributed by atoms with Crippen LogP contribution in [0.15, 0.2) is 18.2 Å². The normalized spacial score (nSPS) is 21.3. The molecule has 1 heteroatoms. The van der Waals surface area contributed by atoms with Gasteiger partial charge in [0.1, 0.15) is 5.75 Å². The predicted molar refractivity (Wildman–Crippen MR) is 49.5 cm³/mol. The van der Waals surface area contributed by atoms with E-state index in [2.05, 4.69) is 32.0 Å². The second-order valence-electron chi connectivity index (χ2n) is 3.73. The van der Waals surface area contributed by atoms with Crippen molar-refractivity contribution in [3.8, 4) is 5.75 Å². The summed E-state index contributed by atoms with van der Waals surface area (Å²) in [6, 6.07) is 6.46. The number of aryl methyl sites for hydroxylation is 1. The summed E-state index contributed by atoms with van der Waals surface area (Å²) in [5.74, 6) is 1.76. The number of ether oxygens (including phenoxy) is 1. The lowest BCUT2D eigenvalue weighted by atomic mass is 9.97. The van der Waals surface area contributed by atoms with E-state index in [1.807, 2.05) is 0 Å². The fourth-order valence-corrected chi connectivity index (χ4v) is 1.63. The molecule has 1 atom stereocenters. The van der Waals surface area contributed by atoms with Gasteiger partial charge in [0.05, 0.1) is 6.61 Å². The molecule has 0 aromatic heterocycles. The first-order valence-electron chi connectivity index (χ1n) is 4.48. The summed E-state index contributed by atoms with van der Waals surface area (Å²) in [5, 5.41) is 0. The third kappa shape index (κ3) is 1.31. The van der Waals surface area contributed by atoms with Crippen LogP contribution in [0.1, 0.15) is 18.1 Å². The van der Waals surface area contributed by atoms with Gasteiger partial charge in [-0.15, -0.1) is 0 Å². The summed E-state index contributed by atoms with van der Waals surface area (Å²) >= 11 is 0. The summed E-state index contributed by atoms with van der Waals surface area (Å²) < 4.78 is 5.62. The van der Waals surface area contributed by atoms with Crippen LogP contribution < -0.4 is 4.74 Å². The van der Waals surface area contributed by atoms with E-state index in [4.69, 9.17) is 4.74 Å². The average molecular weight is 162 g/mol. The van der Waals surface area contributed by atoms with Gasteiger partial charge in [-0.05, 0) is 36.5 Å². The highest BCUT2D eigenvalue weighted by Crippen LogP contribution is 2.27. The van der Waals surface area contributed by atoms with E-state index in [0.717, 1.165) is 18.8 Å². The predicted octanol–water partition coefficient (Wildman–Crippen LogP) is 2.57. The first-order chi connectivity index (χ1) is 5.75. The molecular formula is C11H14O. The Balaban J connectivity index is 2.37. The summed E-state index contributed by atoms with van der Waals surface area (Å²) in [6.45, 7) is 5.20. The van der Waals surface area contributed by atoms with Crippen molar-refractivity contribution in [2.75, 3.05) is 6.61 Å². The van der Waals surface area contributed by atoms with Crippen LogP contribution in [-0.4, -0.2) is 6.61 Å². The SMILES string of the molecule is Cc1ccc2c(c1)OCC(C)C2. The first kappa shape index (κ1) is 7.66. The van der Waals surface area contributed by atoms with Gasteiger partial charge in [-0.25, -0.2) is 0 Å². The molecule has 1 aliphatic rings. The minimum absolute atomic E-state index is 0.667. The van der Waals surface area contributed by atoms with Gasteiger partial charge >= 0.3 is 0 Å². The Bertz CT molecular complexity index is 291. The molecule has 12 heavy (non-hydrogen) atoms. The largest absolute Gasteiger partial charge is 0.493 e. The molecule has 64 valence electrons. The maximum atomic E-state index is 5.62. The van der Waals surface area contributed by atoms with Crippen molar-refractivity contribution < 1.29 is 4.74 Å². The van der Waals surface area contributed by atoms with Crippen LogP contribution in [0.5, 0.6) is 5.75 Å². The van der Waals surface area contributed by atoms with Gasteiger partial charge in [0.25, 0.3) is 0 Å². The van der Waals surface area contributed by atoms with E-state index in [1.165, 1.54) is 11.1 Å². The van der Waals surface area contributed by atoms with Gasteiger partial charge in [-0.2, -0.15) is 0 Å². The molecule has 0 spiro atoms. The molecular weight excluding hydrogens is 148 g/mol. The quantitative estimate of drug-likeness (QED) is 0.569. The maximum absolute atomic E-state index is 5.62. The molecule has 0 saturated carbocycles. The molecule has 2 rings (SSSR count). The van der Waals surface area contributed by atoms with Crippen LogP contribution in [-0.2, 0) is 6.42 Å². The lowest BCUT2D eigenvalue weighted by Crippen LogP contribution is -2.17. The maximum Gasteiger partial charge on any atom is 0.122 e. The van der Waals surface area contributed by atoms with Gasteiger partial charge < -0.3 is 4.74 Å². The van der Waals surface area contributed by atoms with Crippen molar-refractivity contribution in [2.45, 2.75) is 20.3 Å². The second kappa shape index (κ2) is 2.81. The van der Waals surface area contributed by atoms with E-state index < -0.39 is 0 Å². The zero-order valence-corrected chi connectivity index (χ0v) is 7.63. The smallest absolute Gasteiger partial charge is 0.122 e. The lowest BCUT2D eigenvalue weighted by molar-refractivity contribution is 0.234. The minimum Gasteiger partial charge on any atom is -0.493 e. The van der Waals surface area contributed by atoms with E-state index in [9.17, 15) is 0 Å². The highest BCUT2D eigenvalue weighted by molar-refractivity contribution is 5.38. The number of rotatable bonds is 0. The standard InChI is InChI=1S/C11H14O/c1-8-3-4-10-5-9(2)7-12-11(10)6-8/h3-4,6,9H,5,7H2,1-2H3. The number of hydrogen-bond acceptors (Lipinski definition) is 1. The third-order valence-corrected chi connectivity index (χ3v) is 2.31. The lowest BCUT2D eigenvalue weighted by Gasteiger charge is -2.22. The molecule has 1 aliphatic heterocycles. The third-order valence-electron chi connectivity index (χ3n) is 2.31. The minimum atomic E-state index is 0.667. The van der Waals surface area contributed by atoms with E-state index in [0.29, 0.717) is 5.92 Å². The monoisotopic (exact) mass is 162 g/mol. The second-order valence-corrected chi connectivity index (χ2v) is 3.73. The van der Waals surface area contributed by atoms with Crippen LogP contribution >= 0.6 is 0 Å². The summed E-state index contributed by atoms with van der Waals surface area (Å²) in [6.07, 6.45) is 1.16. The van der Waals surface area contributed by atoms with Crippen LogP contribution in [0.3, 0.4) is 0 Å². The first-order valence-corrected chi connectivity index (χ1v) is 4.48. The Morgan fingerprint density at radius 3 is 3.08 bits per heavy atom. The van der Waals surface area contributed by atoms with Gasteiger partial charge in [0, 0.05) is 0 Å². The molecule has 1 aromatic rings. The van der Waals surface area contributed by atoms with Gasteiger partial charge in [-0.3, -0.25) is 0 Å². The van der Waals surface area contributed by atoms with Gasteiger partial charge in [0.15, 0.2) is 0 Å². The highest BCUT2D eigenvalue weighted by atomic mass is 16.5. The number of benzene rings is 1. The Labute approximate surface area is 73.4 Å². The van der Waals surface area contributed by atoms with Crippen molar-refractivity contribution in [3.63, 3.8) is 0 Å². The molecule has 0 bridgehead atoms. The number of hydrogen-bond donors (Lipinski definition) is 0. The van der Waals surface area contributed by atoms with Crippen molar-refractivity contribution in [3.05, 3.63) is 29.3 Å². The Kier molecular flexibility index (Phi) is 1.80. The fraction of sp³-hybridized carbons (Fsp3) is 0.455. The topological polar surface area (TPSA) is 9.23 Å². The van der Waals surface area contributed by atoms with Crippen molar-refractivity contribution in [1.82, 2.24) is 0 Å². The number of fused-ring (bicyclic) bond motifs is 1. The van der Waals surface area contributed by atoms with E-state index in [1.54, 1.807) is 0 Å². The zero-order chi connectivity index (χ0) is 8.55. The van der Waals surface area contributed by atoms with Crippen molar-refractivity contribution in [1.29, 1.82) is 0 Å². The summed E-state index contributed by atoms with van der Waals surface area (Å²) in [5.41, 5.74) is 2.64. The van der Waals surface area contributed by atoms with E-state index >= 15 is 0 Å². The van der Waals surface area contributed by atoms with E-state index in [-0.39, 0.29) is 0 Å².